The van der Waals surface area contributed by atoms with E-state index in [1.54, 1.807) is 16.3 Å². The van der Waals surface area contributed by atoms with Crippen molar-refractivity contribution in [2.75, 3.05) is 23.5 Å². The van der Waals surface area contributed by atoms with E-state index < -0.39 is 0 Å². The van der Waals surface area contributed by atoms with Gasteiger partial charge in [-0.2, -0.15) is 4.98 Å². The summed E-state index contributed by atoms with van der Waals surface area (Å²) in [6, 6.07) is 8.08. The summed E-state index contributed by atoms with van der Waals surface area (Å²) in [4.78, 5) is 25.1. The summed E-state index contributed by atoms with van der Waals surface area (Å²) >= 11 is 3.28. The molecule has 26 heavy (non-hydrogen) atoms. The number of amides is 1. The van der Waals surface area contributed by atoms with E-state index in [1.807, 2.05) is 43.2 Å². The summed E-state index contributed by atoms with van der Waals surface area (Å²) in [5.74, 6) is 1.59. The zero-order valence-corrected chi connectivity index (χ0v) is 16.5. The molecule has 0 bridgehead atoms. The summed E-state index contributed by atoms with van der Waals surface area (Å²) < 4.78 is 1.74. The van der Waals surface area contributed by atoms with Gasteiger partial charge in [0, 0.05) is 34.1 Å². The third-order valence-corrected chi connectivity index (χ3v) is 6.15. The number of carbonyl (C=O) groups is 1. The smallest absolute Gasteiger partial charge is 0.253 e. The van der Waals surface area contributed by atoms with Crippen LogP contribution in [0.15, 0.2) is 34.3 Å². The van der Waals surface area contributed by atoms with Gasteiger partial charge in [-0.05, 0) is 32.2 Å². The van der Waals surface area contributed by atoms with E-state index in [4.69, 9.17) is 0 Å². The fraction of sp³-hybridized carbons (Fsp3) is 0.333. The molecule has 1 aliphatic heterocycles. The average molecular weight is 386 g/mol. The first-order chi connectivity index (χ1) is 12.6. The van der Waals surface area contributed by atoms with Crippen LogP contribution < -0.4 is 4.90 Å². The number of carbonyl (C=O) groups excluding carboxylic acids is 1. The number of aromatic nitrogens is 4. The number of benzene rings is 1. The second kappa shape index (κ2) is 6.92. The van der Waals surface area contributed by atoms with Gasteiger partial charge in [0.05, 0.1) is 12.1 Å². The topological polar surface area (TPSA) is 63.4 Å². The predicted octanol–water partition coefficient (Wildman–Crippen LogP) is 3.14. The van der Waals surface area contributed by atoms with Crippen LogP contribution in [0.5, 0.6) is 0 Å². The summed E-state index contributed by atoms with van der Waals surface area (Å²) in [5.41, 5.74) is 3.69. The molecule has 6 nitrogen and oxygen atoms in total. The lowest BCUT2D eigenvalue weighted by atomic mass is 10.1. The first-order valence-electron chi connectivity index (χ1n) is 8.37. The maximum absolute atomic E-state index is 13.1. The summed E-state index contributed by atoms with van der Waals surface area (Å²) in [7, 11) is 0. The van der Waals surface area contributed by atoms with Crippen LogP contribution in [0.2, 0.25) is 0 Å². The average Bonchev–Trinajstić information content (AvgIpc) is 3.07. The minimum Gasteiger partial charge on any atom is -0.310 e. The Morgan fingerprint density at radius 1 is 1.27 bits per heavy atom. The largest absolute Gasteiger partial charge is 0.310 e. The van der Waals surface area contributed by atoms with E-state index in [0.717, 1.165) is 39.8 Å². The van der Waals surface area contributed by atoms with Gasteiger partial charge in [0.25, 0.3) is 5.78 Å². The van der Waals surface area contributed by atoms with Crippen LogP contribution in [0, 0.1) is 13.8 Å². The number of thioether (sulfide) groups is 2. The third kappa shape index (κ3) is 2.97. The quantitative estimate of drug-likeness (QED) is 0.646. The zero-order chi connectivity index (χ0) is 18.3. The van der Waals surface area contributed by atoms with Crippen molar-refractivity contribution in [3.8, 4) is 0 Å². The highest BCUT2D eigenvalue weighted by atomic mass is 32.2. The van der Waals surface area contributed by atoms with E-state index >= 15 is 0 Å². The van der Waals surface area contributed by atoms with Gasteiger partial charge in [-0.25, -0.2) is 9.50 Å². The van der Waals surface area contributed by atoms with Gasteiger partial charge >= 0.3 is 0 Å². The van der Waals surface area contributed by atoms with Gasteiger partial charge in [0.2, 0.25) is 11.1 Å². The lowest BCUT2D eigenvalue weighted by Gasteiger charge is -2.29. The molecule has 0 fully saturated rings. The van der Waals surface area contributed by atoms with Gasteiger partial charge in [-0.15, -0.1) is 16.9 Å². The number of hydrogen-bond donors (Lipinski definition) is 0. The Kier molecular flexibility index (Phi) is 4.62. The summed E-state index contributed by atoms with van der Waals surface area (Å²) in [5, 5.41) is 5.15. The molecule has 0 N–H and O–H groups in total. The molecule has 0 unspecified atom stereocenters. The number of anilines is 1. The highest BCUT2D eigenvalue weighted by molar-refractivity contribution is 7.99. The van der Waals surface area contributed by atoms with Gasteiger partial charge in [-0.3, -0.25) is 4.79 Å². The van der Waals surface area contributed by atoms with Crippen LogP contribution in [0.1, 0.15) is 17.0 Å². The number of aryl methyl sites for hydroxylation is 2. The van der Waals surface area contributed by atoms with Crippen molar-refractivity contribution < 1.29 is 4.79 Å². The molecular weight excluding hydrogens is 366 g/mol. The molecule has 0 saturated carbocycles. The lowest BCUT2D eigenvalue weighted by molar-refractivity contribution is -0.118. The van der Waals surface area contributed by atoms with Gasteiger partial charge in [0.15, 0.2) is 0 Å². The molecule has 3 heterocycles. The predicted molar refractivity (Wildman–Crippen MR) is 105 cm³/mol. The molecule has 2 aromatic heterocycles. The minimum atomic E-state index is 0.0929. The van der Waals surface area contributed by atoms with Crippen LogP contribution >= 0.6 is 23.5 Å². The number of para-hydroxylation sites is 1. The molecule has 1 aliphatic rings. The second-order valence-corrected chi connectivity index (χ2v) is 8.02. The normalized spacial score (nSPS) is 13.9. The lowest BCUT2D eigenvalue weighted by Crippen LogP contribution is -2.36. The van der Waals surface area contributed by atoms with Crippen LogP contribution in [-0.2, 0) is 11.2 Å². The van der Waals surface area contributed by atoms with Crippen LogP contribution in [0.3, 0.4) is 0 Å². The Morgan fingerprint density at radius 2 is 2.08 bits per heavy atom. The highest BCUT2D eigenvalue weighted by Crippen LogP contribution is 2.34. The fourth-order valence-corrected chi connectivity index (χ4v) is 4.54. The van der Waals surface area contributed by atoms with Gasteiger partial charge in [-0.1, -0.05) is 23.9 Å². The molecular formula is C18H19N5OS2. The molecule has 0 spiro atoms. The van der Waals surface area contributed by atoms with Crippen molar-refractivity contribution in [3.63, 3.8) is 0 Å². The number of fused-ring (bicyclic) bond motifs is 2. The van der Waals surface area contributed by atoms with Crippen molar-refractivity contribution in [1.29, 1.82) is 0 Å². The van der Waals surface area contributed by atoms with Crippen molar-refractivity contribution in [3.05, 3.63) is 41.2 Å². The monoisotopic (exact) mass is 385 g/mol. The number of nitrogens with zero attached hydrogens (tertiary/aromatic N) is 5. The van der Waals surface area contributed by atoms with Crippen LogP contribution in [-0.4, -0.2) is 44.0 Å². The Bertz CT molecular complexity index is 1000. The molecule has 3 aromatic rings. The van der Waals surface area contributed by atoms with E-state index in [-0.39, 0.29) is 5.91 Å². The van der Waals surface area contributed by atoms with Gasteiger partial charge < -0.3 is 4.90 Å². The van der Waals surface area contributed by atoms with Crippen molar-refractivity contribution >= 4 is 40.9 Å². The maximum atomic E-state index is 13.1. The molecule has 8 heteroatoms. The molecule has 134 valence electrons. The first-order valence-corrected chi connectivity index (χ1v) is 10.6. The SMILES string of the molecule is CSc1nc2nc(C)c(CC(=O)N3CCSc4ccccc43)c(C)n2n1. The Hall–Kier alpha value is -2.06. The first kappa shape index (κ1) is 17.4. The van der Waals surface area contributed by atoms with E-state index in [9.17, 15) is 4.79 Å². The Morgan fingerprint density at radius 3 is 2.88 bits per heavy atom. The Labute approximate surface area is 160 Å². The highest BCUT2D eigenvalue weighted by Gasteiger charge is 2.24. The fourth-order valence-electron chi connectivity index (χ4n) is 3.21. The van der Waals surface area contributed by atoms with Crippen LogP contribution in [0.4, 0.5) is 5.69 Å². The van der Waals surface area contributed by atoms with E-state index in [0.29, 0.717) is 17.4 Å². The minimum absolute atomic E-state index is 0.0929. The Balaban J connectivity index is 1.68. The van der Waals surface area contributed by atoms with E-state index in [1.165, 1.54) is 11.8 Å². The van der Waals surface area contributed by atoms with Crippen molar-refractivity contribution in [2.45, 2.75) is 30.3 Å². The van der Waals surface area contributed by atoms with Crippen molar-refractivity contribution in [2.24, 2.45) is 0 Å². The molecule has 0 saturated heterocycles. The number of hydrogen-bond acceptors (Lipinski definition) is 6. The third-order valence-electron chi connectivity index (χ3n) is 4.57. The summed E-state index contributed by atoms with van der Waals surface area (Å²) in [6.07, 6.45) is 2.25. The van der Waals surface area contributed by atoms with Crippen LogP contribution in [0.25, 0.3) is 5.78 Å². The molecule has 0 aliphatic carbocycles. The maximum Gasteiger partial charge on any atom is 0.253 e. The van der Waals surface area contributed by atoms with Gasteiger partial charge in [0.1, 0.15) is 0 Å². The standard InChI is InChI=1S/C18H19N5OS2/c1-11-13(12(2)23-17(19-11)20-18(21-23)25-3)10-16(24)22-8-9-26-15-7-5-4-6-14(15)22/h4-7H,8-10H2,1-3H3. The summed E-state index contributed by atoms with van der Waals surface area (Å²) in [6.45, 7) is 4.64. The number of rotatable bonds is 3. The molecule has 0 atom stereocenters. The molecule has 1 amide bonds. The zero-order valence-electron chi connectivity index (χ0n) is 14.9. The molecule has 1 aromatic carbocycles. The second-order valence-electron chi connectivity index (χ2n) is 6.11. The van der Waals surface area contributed by atoms with Crippen molar-refractivity contribution in [1.82, 2.24) is 19.6 Å². The molecule has 4 rings (SSSR count). The van der Waals surface area contributed by atoms with E-state index in [2.05, 4.69) is 21.1 Å². The molecule has 0 radical (unpaired) electrons.